The van der Waals surface area contributed by atoms with Crippen molar-refractivity contribution < 1.29 is 13.9 Å². The molecule has 3 rings (SSSR count). The Morgan fingerprint density at radius 1 is 1.16 bits per heavy atom. The van der Waals surface area contributed by atoms with Gasteiger partial charge in [0.1, 0.15) is 11.6 Å². The van der Waals surface area contributed by atoms with Gasteiger partial charge in [0, 0.05) is 23.0 Å². The van der Waals surface area contributed by atoms with Gasteiger partial charge in [-0.15, -0.1) is 0 Å². The van der Waals surface area contributed by atoms with Gasteiger partial charge >= 0.3 is 0 Å². The van der Waals surface area contributed by atoms with Crippen molar-refractivity contribution in [2.45, 2.75) is 0 Å². The molecule has 1 heterocycles. The minimum Gasteiger partial charge on any atom is -0.497 e. The van der Waals surface area contributed by atoms with Crippen LogP contribution in [-0.4, -0.2) is 18.0 Å². The quantitative estimate of drug-likeness (QED) is 0.730. The average Bonchev–Trinajstić information content (AvgIpc) is 2.63. The van der Waals surface area contributed by atoms with Crippen LogP contribution in [0.5, 0.6) is 5.75 Å². The third-order valence-corrected chi connectivity index (χ3v) is 3.90. The van der Waals surface area contributed by atoms with E-state index in [-0.39, 0.29) is 11.1 Å². The van der Waals surface area contributed by atoms with E-state index in [1.807, 2.05) is 0 Å². The van der Waals surface area contributed by atoms with Gasteiger partial charge in [-0.3, -0.25) is 9.78 Å². The number of carbonyl (C=O) groups excluding carboxylic acids is 1. The van der Waals surface area contributed by atoms with Crippen molar-refractivity contribution in [1.82, 2.24) is 4.98 Å². The fraction of sp³-hybridized carbons (Fsp3) is 0.0526. The highest BCUT2D eigenvalue weighted by Gasteiger charge is 2.14. The zero-order valence-corrected chi connectivity index (χ0v) is 14.0. The number of hydrogen-bond acceptors (Lipinski definition) is 3. The molecule has 1 amide bonds. The first-order valence-corrected chi connectivity index (χ1v) is 7.82. The number of pyridine rings is 1. The summed E-state index contributed by atoms with van der Waals surface area (Å²) in [6.45, 7) is 0. The van der Waals surface area contributed by atoms with E-state index in [9.17, 15) is 9.18 Å². The Labute approximate surface area is 149 Å². The van der Waals surface area contributed by atoms with Crippen LogP contribution in [0.2, 0.25) is 5.02 Å². The highest BCUT2D eigenvalue weighted by atomic mass is 35.5. The Kier molecular flexibility index (Phi) is 4.95. The molecule has 0 aliphatic rings. The predicted octanol–water partition coefficient (Wildman–Crippen LogP) is 4.80. The zero-order valence-electron chi connectivity index (χ0n) is 13.3. The standard InChI is InChI=1S/C19H14ClFN2O2/c1-25-14-7-5-13(6-8-14)23-19(24)12-4-9-15(17(21)11-12)18-16(20)3-2-10-22-18/h2-11H,1H3,(H,23,24). The van der Waals surface area contributed by atoms with E-state index in [1.54, 1.807) is 43.5 Å². The monoisotopic (exact) mass is 356 g/mol. The van der Waals surface area contributed by atoms with Gasteiger partial charge in [0.25, 0.3) is 5.91 Å². The number of aromatic nitrogens is 1. The first-order chi connectivity index (χ1) is 12.1. The van der Waals surface area contributed by atoms with Crippen LogP contribution in [0.3, 0.4) is 0 Å². The van der Waals surface area contributed by atoms with Crippen molar-refractivity contribution in [3.63, 3.8) is 0 Å². The Balaban J connectivity index is 1.82. The molecule has 2 aromatic carbocycles. The van der Waals surface area contributed by atoms with E-state index in [1.165, 1.54) is 24.4 Å². The molecule has 0 fully saturated rings. The summed E-state index contributed by atoms with van der Waals surface area (Å²) in [5.41, 5.74) is 1.36. The van der Waals surface area contributed by atoms with E-state index in [4.69, 9.17) is 16.3 Å². The highest BCUT2D eigenvalue weighted by Crippen LogP contribution is 2.28. The van der Waals surface area contributed by atoms with E-state index < -0.39 is 11.7 Å². The Bertz CT molecular complexity index is 914. The molecule has 4 nitrogen and oxygen atoms in total. The van der Waals surface area contributed by atoms with E-state index in [0.29, 0.717) is 22.2 Å². The van der Waals surface area contributed by atoms with Crippen LogP contribution >= 0.6 is 11.6 Å². The number of benzene rings is 2. The van der Waals surface area contributed by atoms with Crippen molar-refractivity contribution in [3.8, 4) is 17.0 Å². The predicted molar refractivity (Wildman–Crippen MR) is 95.6 cm³/mol. The smallest absolute Gasteiger partial charge is 0.255 e. The topological polar surface area (TPSA) is 51.2 Å². The molecule has 0 aliphatic carbocycles. The Morgan fingerprint density at radius 3 is 2.56 bits per heavy atom. The minimum atomic E-state index is -0.567. The van der Waals surface area contributed by atoms with Crippen molar-refractivity contribution in [1.29, 1.82) is 0 Å². The van der Waals surface area contributed by atoms with Gasteiger partial charge < -0.3 is 10.1 Å². The van der Waals surface area contributed by atoms with Gasteiger partial charge in [-0.25, -0.2) is 4.39 Å². The SMILES string of the molecule is COc1ccc(NC(=O)c2ccc(-c3ncccc3Cl)c(F)c2)cc1. The molecule has 3 aromatic rings. The number of anilines is 1. The molecule has 0 saturated carbocycles. The van der Waals surface area contributed by atoms with Crippen LogP contribution in [0.4, 0.5) is 10.1 Å². The van der Waals surface area contributed by atoms with E-state index in [2.05, 4.69) is 10.3 Å². The molecule has 126 valence electrons. The lowest BCUT2D eigenvalue weighted by atomic mass is 10.1. The molecular formula is C19H14ClFN2O2. The van der Waals surface area contributed by atoms with Crippen molar-refractivity contribution in [2.75, 3.05) is 12.4 Å². The number of rotatable bonds is 4. The lowest BCUT2D eigenvalue weighted by Gasteiger charge is -2.09. The Morgan fingerprint density at radius 2 is 1.92 bits per heavy atom. The minimum absolute atomic E-state index is 0.198. The van der Waals surface area contributed by atoms with Crippen LogP contribution in [0.15, 0.2) is 60.8 Å². The molecule has 25 heavy (non-hydrogen) atoms. The van der Waals surface area contributed by atoms with Gasteiger partial charge in [0.05, 0.1) is 17.8 Å². The molecule has 0 unspecified atom stereocenters. The molecule has 1 N–H and O–H groups in total. The molecule has 0 spiro atoms. The van der Waals surface area contributed by atoms with Crippen LogP contribution in [0.25, 0.3) is 11.3 Å². The van der Waals surface area contributed by atoms with E-state index in [0.717, 1.165) is 0 Å². The molecule has 0 saturated heterocycles. The molecule has 0 radical (unpaired) electrons. The number of hydrogen-bond donors (Lipinski definition) is 1. The number of nitrogens with zero attached hydrogens (tertiary/aromatic N) is 1. The van der Waals surface area contributed by atoms with Crippen LogP contribution < -0.4 is 10.1 Å². The van der Waals surface area contributed by atoms with Crippen LogP contribution in [-0.2, 0) is 0 Å². The average molecular weight is 357 g/mol. The van der Waals surface area contributed by atoms with Gasteiger partial charge in [-0.05, 0) is 54.6 Å². The summed E-state index contributed by atoms with van der Waals surface area (Å²) >= 11 is 6.05. The fourth-order valence-electron chi connectivity index (χ4n) is 2.31. The summed E-state index contributed by atoms with van der Waals surface area (Å²) in [6.07, 6.45) is 1.53. The number of ether oxygens (including phenoxy) is 1. The molecule has 0 atom stereocenters. The number of nitrogens with one attached hydrogen (secondary N) is 1. The van der Waals surface area contributed by atoms with E-state index >= 15 is 0 Å². The summed E-state index contributed by atoms with van der Waals surface area (Å²) in [4.78, 5) is 16.4. The summed E-state index contributed by atoms with van der Waals surface area (Å²) < 4.78 is 19.5. The summed E-state index contributed by atoms with van der Waals surface area (Å²) in [5.74, 6) is -0.300. The van der Waals surface area contributed by atoms with Crippen LogP contribution in [0, 0.1) is 5.82 Å². The van der Waals surface area contributed by atoms with Crippen molar-refractivity contribution in [3.05, 3.63) is 77.2 Å². The molecular weight excluding hydrogens is 343 g/mol. The van der Waals surface area contributed by atoms with Gasteiger partial charge in [0.2, 0.25) is 0 Å². The third kappa shape index (κ3) is 3.78. The normalized spacial score (nSPS) is 10.4. The van der Waals surface area contributed by atoms with Gasteiger partial charge in [-0.2, -0.15) is 0 Å². The summed E-state index contributed by atoms with van der Waals surface area (Å²) in [5, 5.41) is 3.05. The maximum Gasteiger partial charge on any atom is 0.255 e. The third-order valence-electron chi connectivity index (χ3n) is 3.59. The lowest BCUT2D eigenvalue weighted by molar-refractivity contribution is 0.102. The van der Waals surface area contributed by atoms with Gasteiger partial charge in [-0.1, -0.05) is 11.6 Å². The lowest BCUT2D eigenvalue weighted by Crippen LogP contribution is -2.12. The largest absolute Gasteiger partial charge is 0.497 e. The molecule has 0 bridgehead atoms. The number of amides is 1. The first-order valence-electron chi connectivity index (χ1n) is 7.44. The summed E-state index contributed by atoms with van der Waals surface area (Å²) in [7, 11) is 1.56. The number of halogens is 2. The molecule has 1 aromatic heterocycles. The Hall–Kier alpha value is -2.92. The second kappa shape index (κ2) is 7.32. The molecule has 6 heteroatoms. The zero-order chi connectivity index (χ0) is 17.8. The van der Waals surface area contributed by atoms with Crippen molar-refractivity contribution in [2.24, 2.45) is 0 Å². The van der Waals surface area contributed by atoms with Crippen molar-refractivity contribution >= 4 is 23.2 Å². The van der Waals surface area contributed by atoms with Crippen LogP contribution in [0.1, 0.15) is 10.4 Å². The second-order valence-electron chi connectivity index (χ2n) is 5.21. The number of methoxy groups -OCH3 is 1. The summed E-state index contributed by atoms with van der Waals surface area (Å²) in [6, 6.07) is 14.3. The second-order valence-corrected chi connectivity index (χ2v) is 5.62. The maximum absolute atomic E-state index is 14.4. The maximum atomic E-state index is 14.4. The van der Waals surface area contributed by atoms with Gasteiger partial charge in [0.15, 0.2) is 0 Å². The molecule has 0 aliphatic heterocycles. The number of carbonyl (C=O) groups is 1. The fourth-order valence-corrected chi connectivity index (χ4v) is 2.53. The highest BCUT2D eigenvalue weighted by molar-refractivity contribution is 6.33. The first kappa shape index (κ1) is 16.9.